The first-order chi connectivity index (χ1) is 8.24. The lowest BCUT2D eigenvalue weighted by atomic mass is 10.1. The summed E-state index contributed by atoms with van der Waals surface area (Å²) < 4.78 is 0. The van der Waals surface area contributed by atoms with E-state index in [4.69, 9.17) is 10.8 Å². The molecule has 17 heavy (non-hydrogen) atoms. The monoisotopic (exact) mass is 227 g/mol. The highest BCUT2D eigenvalue weighted by Gasteiger charge is 2.30. The van der Waals surface area contributed by atoms with Crippen LogP contribution >= 0.6 is 0 Å². The van der Waals surface area contributed by atoms with Crippen LogP contribution in [0.1, 0.15) is 15.9 Å². The van der Waals surface area contributed by atoms with Crippen molar-refractivity contribution in [3.63, 3.8) is 0 Å². The lowest BCUT2D eigenvalue weighted by Crippen LogP contribution is -2.52. The Bertz CT molecular complexity index is 518. The molecule has 1 amide bonds. The maximum Gasteiger partial charge on any atom is 0.253 e. The molecule has 6 nitrogen and oxygen atoms in total. The number of nitrogens with zero attached hydrogens (tertiary/aromatic N) is 5. The SMILES string of the molecule is N#Cc1ccc(C(=O)N2CC(N=[N+]=[N-])C2)cc1. The molecule has 1 fully saturated rings. The highest BCUT2D eigenvalue weighted by atomic mass is 16.2. The fraction of sp³-hybridized carbons (Fsp3) is 0.273. The normalized spacial score (nSPS) is 14.4. The first kappa shape index (κ1) is 11.0. The number of carbonyl (C=O) groups excluding carboxylic acids is 1. The second-order valence-electron chi connectivity index (χ2n) is 3.76. The third kappa shape index (κ3) is 2.19. The molecule has 1 aromatic rings. The van der Waals surface area contributed by atoms with E-state index in [1.165, 1.54) is 0 Å². The highest BCUT2D eigenvalue weighted by Crippen LogP contribution is 2.16. The number of carbonyl (C=O) groups is 1. The van der Waals surface area contributed by atoms with E-state index in [0.29, 0.717) is 24.2 Å². The third-order valence-electron chi connectivity index (χ3n) is 2.63. The summed E-state index contributed by atoms with van der Waals surface area (Å²) in [7, 11) is 0. The molecule has 1 aromatic carbocycles. The smallest absolute Gasteiger partial charge is 0.253 e. The molecule has 0 saturated carbocycles. The van der Waals surface area contributed by atoms with E-state index in [2.05, 4.69) is 10.0 Å². The van der Waals surface area contributed by atoms with E-state index in [1.54, 1.807) is 29.2 Å². The van der Waals surface area contributed by atoms with E-state index in [9.17, 15) is 4.79 Å². The van der Waals surface area contributed by atoms with E-state index >= 15 is 0 Å². The topological polar surface area (TPSA) is 92.9 Å². The van der Waals surface area contributed by atoms with Crippen LogP contribution < -0.4 is 0 Å². The van der Waals surface area contributed by atoms with Gasteiger partial charge in [0.15, 0.2) is 0 Å². The summed E-state index contributed by atoms with van der Waals surface area (Å²) in [5, 5.41) is 12.2. The summed E-state index contributed by atoms with van der Waals surface area (Å²) in [6, 6.07) is 8.36. The van der Waals surface area contributed by atoms with Crippen molar-refractivity contribution in [2.24, 2.45) is 5.11 Å². The minimum Gasteiger partial charge on any atom is -0.338 e. The van der Waals surface area contributed by atoms with Gasteiger partial charge in [0, 0.05) is 23.6 Å². The minimum atomic E-state index is -0.109. The van der Waals surface area contributed by atoms with E-state index < -0.39 is 0 Å². The van der Waals surface area contributed by atoms with Gasteiger partial charge in [-0.3, -0.25) is 4.79 Å². The molecule has 0 unspecified atom stereocenters. The van der Waals surface area contributed by atoms with Crippen molar-refractivity contribution in [1.29, 1.82) is 5.26 Å². The second-order valence-corrected chi connectivity index (χ2v) is 3.76. The van der Waals surface area contributed by atoms with Crippen LogP contribution in [0, 0.1) is 11.3 Å². The molecule has 0 spiro atoms. The van der Waals surface area contributed by atoms with Gasteiger partial charge in [0.1, 0.15) is 0 Å². The molecule has 0 atom stereocenters. The average Bonchev–Trinajstić information content (AvgIpc) is 2.32. The van der Waals surface area contributed by atoms with E-state index in [0.717, 1.165) is 0 Å². The number of nitriles is 1. The number of amides is 1. The predicted octanol–water partition coefficient (Wildman–Crippen LogP) is 1.69. The molecule has 0 aliphatic carbocycles. The Kier molecular flexibility index (Phi) is 2.95. The third-order valence-corrected chi connectivity index (χ3v) is 2.63. The van der Waals surface area contributed by atoms with Crippen molar-refractivity contribution < 1.29 is 4.79 Å². The van der Waals surface area contributed by atoms with Gasteiger partial charge in [0.25, 0.3) is 5.91 Å². The van der Waals surface area contributed by atoms with Gasteiger partial charge in [-0.05, 0) is 29.8 Å². The standard InChI is InChI=1S/C11H9N5O/c12-5-8-1-3-9(4-2-8)11(17)16-6-10(7-16)14-15-13/h1-4,10H,6-7H2. The van der Waals surface area contributed by atoms with Crippen LogP contribution in [-0.2, 0) is 0 Å². The van der Waals surface area contributed by atoms with E-state index in [-0.39, 0.29) is 11.9 Å². The number of hydrogen-bond acceptors (Lipinski definition) is 3. The summed E-state index contributed by atoms with van der Waals surface area (Å²) in [5.74, 6) is -0.0983. The number of azide groups is 1. The van der Waals surface area contributed by atoms with Crippen molar-refractivity contribution in [3.8, 4) is 6.07 Å². The van der Waals surface area contributed by atoms with E-state index in [1.807, 2.05) is 6.07 Å². The number of rotatable bonds is 2. The maximum absolute atomic E-state index is 11.9. The van der Waals surface area contributed by atoms with Gasteiger partial charge >= 0.3 is 0 Å². The van der Waals surface area contributed by atoms with Crippen molar-refractivity contribution in [2.45, 2.75) is 6.04 Å². The number of likely N-dealkylation sites (tertiary alicyclic amines) is 1. The van der Waals surface area contributed by atoms with Gasteiger partial charge in [-0.15, -0.1) is 0 Å². The average molecular weight is 227 g/mol. The quantitative estimate of drug-likeness (QED) is 0.436. The van der Waals surface area contributed by atoms with Crippen molar-refractivity contribution in [2.75, 3.05) is 13.1 Å². The zero-order valence-corrected chi connectivity index (χ0v) is 8.95. The molecule has 2 rings (SSSR count). The fourth-order valence-electron chi connectivity index (χ4n) is 1.64. The summed E-state index contributed by atoms with van der Waals surface area (Å²) in [4.78, 5) is 16.2. The molecule has 1 saturated heterocycles. The van der Waals surface area contributed by atoms with Gasteiger partial charge in [0.05, 0.1) is 17.7 Å². The molecule has 1 aliphatic rings. The molecule has 0 radical (unpaired) electrons. The van der Waals surface area contributed by atoms with Crippen LogP contribution in [0.5, 0.6) is 0 Å². The highest BCUT2D eigenvalue weighted by molar-refractivity contribution is 5.94. The number of benzene rings is 1. The molecule has 0 N–H and O–H groups in total. The summed E-state index contributed by atoms with van der Waals surface area (Å²) in [5.41, 5.74) is 9.30. The van der Waals surface area contributed by atoms with Gasteiger partial charge in [-0.25, -0.2) is 0 Å². The molecule has 6 heteroatoms. The Labute approximate surface area is 97.7 Å². The molecule has 0 aromatic heterocycles. The van der Waals surface area contributed by atoms with Crippen LogP contribution in [0.4, 0.5) is 0 Å². The largest absolute Gasteiger partial charge is 0.338 e. The van der Waals surface area contributed by atoms with Crippen molar-refractivity contribution >= 4 is 5.91 Å². The minimum absolute atomic E-state index is 0.0983. The molecule has 84 valence electrons. The van der Waals surface area contributed by atoms with Gasteiger partial charge in [-0.2, -0.15) is 5.26 Å². The molecular weight excluding hydrogens is 218 g/mol. The van der Waals surface area contributed by atoms with Gasteiger partial charge < -0.3 is 4.90 Å². The Morgan fingerprint density at radius 2 is 2.12 bits per heavy atom. The van der Waals surface area contributed by atoms with Gasteiger partial charge in [0.2, 0.25) is 0 Å². The zero-order valence-electron chi connectivity index (χ0n) is 8.95. The zero-order chi connectivity index (χ0) is 12.3. The Hall–Kier alpha value is -2.51. The van der Waals surface area contributed by atoms with Crippen molar-refractivity contribution in [3.05, 3.63) is 45.8 Å². The summed E-state index contributed by atoms with van der Waals surface area (Å²) in [6.07, 6.45) is 0. The maximum atomic E-state index is 11.9. The fourth-order valence-corrected chi connectivity index (χ4v) is 1.64. The molecular formula is C11H9N5O. The van der Waals surface area contributed by atoms with Gasteiger partial charge in [-0.1, -0.05) is 5.11 Å². The second kappa shape index (κ2) is 4.56. The van der Waals surface area contributed by atoms with Crippen molar-refractivity contribution in [1.82, 2.24) is 4.90 Å². The Morgan fingerprint density at radius 1 is 1.47 bits per heavy atom. The van der Waals surface area contributed by atoms with Crippen LogP contribution in [-0.4, -0.2) is 29.9 Å². The molecule has 1 heterocycles. The predicted molar refractivity (Wildman–Crippen MR) is 60.0 cm³/mol. The van der Waals surface area contributed by atoms with Crippen LogP contribution in [0.25, 0.3) is 10.4 Å². The van der Waals surface area contributed by atoms with Crippen LogP contribution in [0.2, 0.25) is 0 Å². The van der Waals surface area contributed by atoms with Crippen LogP contribution in [0.3, 0.4) is 0 Å². The lowest BCUT2D eigenvalue weighted by molar-refractivity contribution is 0.0608. The summed E-state index contributed by atoms with van der Waals surface area (Å²) >= 11 is 0. The Balaban J connectivity index is 2.02. The first-order valence-electron chi connectivity index (χ1n) is 5.08. The van der Waals surface area contributed by atoms with Crippen LogP contribution in [0.15, 0.2) is 29.4 Å². The summed E-state index contributed by atoms with van der Waals surface area (Å²) in [6.45, 7) is 0.922. The first-order valence-corrected chi connectivity index (χ1v) is 5.08. The molecule has 0 bridgehead atoms. The number of hydrogen-bond donors (Lipinski definition) is 0. The molecule has 1 aliphatic heterocycles. The Morgan fingerprint density at radius 3 is 2.65 bits per heavy atom. The lowest BCUT2D eigenvalue weighted by Gasteiger charge is -2.36.